The fraction of sp³-hybridized carbons (Fsp3) is 0.227. The molecular weight excluding hydrogens is 413 g/mol. The molecule has 1 fully saturated rings. The fourth-order valence-electron chi connectivity index (χ4n) is 3.86. The summed E-state index contributed by atoms with van der Waals surface area (Å²) in [5, 5.41) is 13.0. The number of aldehydes is 1. The quantitative estimate of drug-likeness (QED) is 0.432. The second-order valence-corrected chi connectivity index (χ2v) is 7.40. The molecule has 0 amide bonds. The van der Waals surface area contributed by atoms with Gasteiger partial charge in [-0.05, 0) is 43.3 Å². The molecule has 1 unspecified atom stereocenters. The summed E-state index contributed by atoms with van der Waals surface area (Å²) in [4.78, 5) is 19.6. The van der Waals surface area contributed by atoms with E-state index in [0.717, 1.165) is 16.9 Å². The van der Waals surface area contributed by atoms with E-state index in [1.54, 1.807) is 29.2 Å². The van der Waals surface area contributed by atoms with Gasteiger partial charge < -0.3 is 9.64 Å². The van der Waals surface area contributed by atoms with Crippen LogP contribution in [0.3, 0.4) is 0 Å². The molecule has 0 saturated carbocycles. The second kappa shape index (κ2) is 8.31. The number of aromatic nitrogens is 6. The number of hydrogen-bond donors (Lipinski definition) is 0. The van der Waals surface area contributed by atoms with Crippen molar-refractivity contribution < 1.29 is 13.9 Å². The minimum Gasteiger partial charge on any atom is -0.355 e. The van der Waals surface area contributed by atoms with Crippen LogP contribution in [-0.2, 0) is 11.3 Å². The van der Waals surface area contributed by atoms with Gasteiger partial charge in [0.25, 0.3) is 0 Å². The molecular formula is C22H20FN7O2. The number of hydrogen-bond acceptors (Lipinski definition) is 7. The van der Waals surface area contributed by atoms with Gasteiger partial charge in [0.2, 0.25) is 0 Å². The summed E-state index contributed by atoms with van der Waals surface area (Å²) in [6, 6.07) is 10.0. The van der Waals surface area contributed by atoms with Gasteiger partial charge in [-0.15, -0.1) is 4.80 Å². The van der Waals surface area contributed by atoms with E-state index in [9.17, 15) is 9.18 Å². The van der Waals surface area contributed by atoms with Crippen LogP contribution in [0.5, 0.6) is 0 Å². The molecule has 5 rings (SSSR count). The Morgan fingerprint density at radius 2 is 1.97 bits per heavy atom. The lowest BCUT2D eigenvalue weighted by molar-refractivity contribution is 0.0956. The van der Waals surface area contributed by atoms with Crippen LogP contribution < -0.4 is 4.90 Å². The molecule has 0 N–H and O–H groups in total. The Morgan fingerprint density at radius 1 is 1.19 bits per heavy atom. The molecule has 0 bridgehead atoms. The maximum atomic E-state index is 13.2. The number of ether oxygens (including phenoxy) is 1. The highest BCUT2D eigenvalue weighted by molar-refractivity contribution is 5.84. The normalized spacial score (nSPS) is 15.9. The van der Waals surface area contributed by atoms with Crippen molar-refractivity contribution in [2.45, 2.75) is 19.7 Å². The first-order valence-corrected chi connectivity index (χ1v) is 10.1. The average molecular weight is 433 g/mol. The number of carbonyl (C=O) groups is 1. The van der Waals surface area contributed by atoms with E-state index in [-0.39, 0.29) is 17.7 Å². The Morgan fingerprint density at radius 3 is 2.72 bits per heavy atom. The van der Waals surface area contributed by atoms with Gasteiger partial charge in [0.1, 0.15) is 23.4 Å². The maximum absolute atomic E-state index is 13.2. The molecule has 1 saturated heterocycles. The summed E-state index contributed by atoms with van der Waals surface area (Å²) >= 11 is 0. The van der Waals surface area contributed by atoms with Gasteiger partial charge in [0.15, 0.2) is 6.29 Å². The summed E-state index contributed by atoms with van der Waals surface area (Å²) in [6.45, 7) is 3.46. The molecule has 0 spiro atoms. The topological polar surface area (TPSA) is 91.0 Å². The molecule has 3 aromatic heterocycles. The van der Waals surface area contributed by atoms with E-state index < -0.39 is 0 Å². The van der Waals surface area contributed by atoms with Gasteiger partial charge in [-0.2, -0.15) is 15.3 Å². The molecule has 1 aliphatic heterocycles. The summed E-state index contributed by atoms with van der Waals surface area (Å²) < 4.78 is 21.0. The van der Waals surface area contributed by atoms with Crippen molar-refractivity contribution in [2.24, 2.45) is 0 Å². The van der Waals surface area contributed by atoms with Gasteiger partial charge in [-0.25, -0.2) is 9.37 Å². The van der Waals surface area contributed by atoms with Gasteiger partial charge in [0, 0.05) is 24.0 Å². The Kier molecular flexibility index (Phi) is 5.20. The van der Waals surface area contributed by atoms with Gasteiger partial charge >= 0.3 is 0 Å². The summed E-state index contributed by atoms with van der Waals surface area (Å²) in [6.07, 6.45) is 5.37. The molecule has 162 valence electrons. The zero-order valence-electron chi connectivity index (χ0n) is 17.3. The molecule has 0 aliphatic carbocycles. The van der Waals surface area contributed by atoms with Crippen molar-refractivity contribution in [1.82, 2.24) is 29.8 Å². The zero-order chi connectivity index (χ0) is 22.1. The monoisotopic (exact) mass is 433 g/mol. The number of aryl methyl sites for hydroxylation is 1. The van der Waals surface area contributed by atoms with Crippen LogP contribution in [0.4, 0.5) is 10.1 Å². The first-order chi connectivity index (χ1) is 15.6. The van der Waals surface area contributed by atoms with E-state index in [1.165, 1.54) is 16.9 Å². The van der Waals surface area contributed by atoms with Crippen LogP contribution >= 0.6 is 0 Å². The highest BCUT2D eigenvalue weighted by Crippen LogP contribution is 2.31. The van der Waals surface area contributed by atoms with Crippen molar-refractivity contribution in [1.29, 1.82) is 0 Å². The Bertz CT molecular complexity index is 1240. The average Bonchev–Trinajstić information content (AvgIpc) is 3.56. The molecule has 1 aliphatic rings. The van der Waals surface area contributed by atoms with Crippen LogP contribution in [0, 0.1) is 12.7 Å². The third kappa shape index (κ3) is 3.76. The third-order valence-corrected chi connectivity index (χ3v) is 5.28. The summed E-state index contributed by atoms with van der Waals surface area (Å²) in [5.41, 5.74) is 3.84. The van der Waals surface area contributed by atoms with Crippen molar-refractivity contribution >= 4 is 12.0 Å². The van der Waals surface area contributed by atoms with Crippen LogP contribution in [0.2, 0.25) is 0 Å². The molecule has 10 heteroatoms. The van der Waals surface area contributed by atoms with Crippen LogP contribution in [-0.4, -0.2) is 55.4 Å². The number of benzene rings is 1. The molecule has 32 heavy (non-hydrogen) atoms. The van der Waals surface area contributed by atoms with Crippen LogP contribution in [0.25, 0.3) is 16.9 Å². The zero-order valence-corrected chi connectivity index (χ0v) is 17.3. The van der Waals surface area contributed by atoms with Gasteiger partial charge in [0.05, 0.1) is 36.9 Å². The fourth-order valence-corrected chi connectivity index (χ4v) is 3.86. The van der Waals surface area contributed by atoms with E-state index in [1.807, 2.05) is 25.3 Å². The Hall–Kier alpha value is -3.92. The predicted octanol–water partition coefficient (Wildman–Crippen LogP) is 2.65. The summed E-state index contributed by atoms with van der Waals surface area (Å²) in [7, 11) is 0. The molecule has 4 heterocycles. The highest BCUT2D eigenvalue weighted by atomic mass is 19.1. The van der Waals surface area contributed by atoms with E-state index in [4.69, 9.17) is 4.74 Å². The van der Waals surface area contributed by atoms with Crippen molar-refractivity contribution in [3.8, 4) is 16.9 Å². The first kappa shape index (κ1) is 20.0. The number of pyridine rings is 1. The summed E-state index contributed by atoms with van der Waals surface area (Å²) in [5.74, 6) is -0.284. The standard InChI is InChI=1S/C22H20FN7O2/c1-15-12-20(22(19(14-31)26-15)30-24-7-8-25-30)29-10-11-32-21(29)13-28-9-6-18(27-28)16-2-4-17(23)5-3-16/h2-9,12,14,21H,10-11,13H2,1H3. The smallest absolute Gasteiger partial charge is 0.170 e. The van der Waals surface area contributed by atoms with Crippen LogP contribution in [0.15, 0.2) is 55.0 Å². The van der Waals surface area contributed by atoms with Crippen LogP contribution in [0.1, 0.15) is 16.2 Å². The Balaban J connectivity index is 1.45. The van der Waals surface area contributed by atoms with E-state index in [2.05, 4.69) is 25.2 Å². The van der Waals surface area contributed by atoms with E-state index in [0.29, 0.717) is 37.4 Å². The van der Waals surface area contributed by atoms with Gasteiger partial charge in [-0.1, -0.05) is 0 Å². The van der Waals surface area contributed by atoms with Gasteiger partial charge in [-0.3, -0.25) is 9.48 Å². The minimum atomic E-state index is -0.313. The number of nitrogens with zero attached hydrogens (tertiary/aromatic N) is 7. The number of carbonyl (C=O) groups excluding carboxylic acids is 1. The maximum Gasteiger partial charge on any atom is 0.170 e. The largest absolute Gasteiger partial charge is 0.355 e. The lowest BCUT2D eigenvalue weighted by Crippen LogP contribution is -2.35. The lowest BCUT2D eigenvalue weighted by atomic mass is 10.1. The molecule has 0 radical (unpaired) electrons. The SMILES string of the molecule is Cc1cc(N2CCOC2Cn2ccc(-c3ccc(F)cc3)n2)c(-n2nccn2)c(C=O)n1. The molecule has 9 nitrogen and oxygen atoms in total. The second-order valence-electron chi connectivity index (χ2n) is 7.40. The first-order valence-electron chi connectivity index (χ1n) is 10.1. The minimum absolute atomic E-state index is 0.263. The van der Waals surface area contributed by atoms with Crippen molar-refractivity contribution in [3.63, 3.8) is 0 Å². The predicted molar refractivity (Wildman–Crippen MR) is 114 cm³/mol. The number of rotatable bonds is 6. The van der Waals surface area contributed by atoms with Crippen molar-refractivity contribution in [2.75, 3.05) is 18.1 Å². The molecule has 4 aromatic rings. The molecule has 1 atom stereocenters. The molecule has 1 aromatic carbocycles. The highest BCUT2D eigenvalue weighted by Gasteiger charge is 2.30. The number of halogens is 1. The van der Waals surface area contributed by atoms with Crippen molar-refractivity contribution in [3.05, 3.63) is 72.2 Å². The third-order valence-electron chi connectivity index (χ3n) is 5.28. The van der Waals surface area contributed by atoms with E-state index >= 15 is 0 Å². The number of anilines is 1. The Labute approximate surface area is 183 Å². The lowest BCUT2D eigenvalue weighted by Gasteiger charge is -2.27.